The fourth-order valence-electron chi connectivity index (χ4n) is 3.40. The van der Waals surface area contributed by atoms with Crippen molar-refractivity contribution in [1.29, 1.82) is 0 Å². The fraction of sp³-hybridized carbons (Fsp3) is 0.0500. The molecule has 0 saturated heterocycles. The summed E-state index contributed by atoms with van der Waals surface area (Å²) in [6, 6.07) is 9.69. The van der Waals surface area contributed by atoms with Crippen LogP contribution in [0.15, 0.2) is 52.8 Å². The van der Waals surface area contributed by atoms with Crippen molar-refractivity contribution in [3.63, 3.8) is 0 Å². The number of thiazole rings is 1. The van der Waals surface area contributed by atoms with Crippen molar-refractivity contribution >= 4 is 55.4 Å². The standard InChI is InChI=1S/C20H11ClN4O3S/c1-10-15(21)7-6-13-17(10)22-8-14-18(13)23-20-24(19(14)26)16(9-29-20)11-2-4-12(5-3-11)25(27)28/h2-9H,1H3. The molecular weight excluding hydrogens is 412 g/mol. The Morgan fingerprint density at radius 1 is 1.10 bits per heavy atom. The number of benzene rings is 2. The molecule has 3 aromatic heterocycles. The van der Waals surface area contributed by atoms with Crippen molar-refractivity contribution < 1.29 is 4.92 Å². The Balaban J connectivity index is 1.81. The lowest BCUT2D eigenvalue weighted by Gasteiger charge is -2.07. The number of pyridine rings is 1. The Bertz CT molecular complexity index is 1520. The van der Waals surface area contributed by atoms with Crippen molar-refractivity contribution in [2.45, 2.75) is 6.92 Å². The predicted octanol–water partition coefficient (Wildman–Crippen LogP) is 4.99. The lowest BCUT2D eigenvalue weighted by Crippen LogP contribution is -2.15. The molecule has 29 heavy (non-hydrogen) atoms. The summed E-state index contributed by atoms with van der Waals surface area (Å²) in [6.45, 7) is 1.88. The summed E-state index contributed by atoms with van der Waals surface area (Å²) in [4.78, 5) is 33.4. The van der Waals surface area contributed by atoms with Gasteiger partial charge < -0.3 is 0 Å². The van der Waals surface area contributed by atoms with Crippen LogP contribution in [0.3, 0.4) is 0 Å². The molecule has 5 rings (SSSR count). The van der Waals surface area contributed by atoms with Crippen molar-refractivity contribution in [3.05, 3.63) is 79.0 Å². The first-order valence-corrected chi connectivity index (χ1v) is 9.84. The smallest absolute Gasteiger partial charge is 0.268 e. The van der Waals surface area contributed by atoms with Gasteiger partial charge in [0, 0.05) is 39.7 Å². The van der Waals surface area contributed by atoms with Crippen LogP contribution >= 0.6 is 22.9 Å². The molecule has 0 aliphatic rings. The topological polar surface area (TPSA) is 90.4 Å². The van der Waals surface area contributed by atoms with Gasteiger partial charge in [-0.2, -0.15) is 0 Å². The van der Waals surface area contributed by atoms with Crippen LogP contribution in [0.1, 0.15) is 5.56 Å². The van der Waals surface area contributed by atoms with E-state index in [2.05, 4.69) is 4.98 Å². The molecule has 9 heteroatoms. The molecule has 3 heterocycles. The quantitative estimate of drug-likeness (QED) is 0.227. The Morgan fingerprint density at radius 3 is 2.59 bits per heavy atom. The van der Waals surface area contributed by atoms with Gasteiger partial charge in [0.1, 0.15) is 0 Å². The number of rotatable bonds is 2. The van der Waals surface area contributed by atoms with Crippen molar-refractivity contribution in [2.75, 3.05) is 0 Å². The van der Waals surface area contributed by atoms with E-state index < -0.39 is 4.92 Å². The molecule has 0 unspecified atom stereocenters. The lowest BCUT2D eigenvalue weighted by atomic mass is 10.1. The second-order valence-electron chi connectivity index (χ2n) is 6.55. The number of non-ortho nitro benzene ring substituents is 1. The third-order valence-electron chi connectivity index (χ3n) is 4.92. The maximum absolute atomic E-state index is 13.3. The minimum Gasteiger partial charge on any atom is -0.268 e. The number of aromatic nitrogens is 3. The molecule has 2 aromatic carbocycles. The van der Waals surface area contributed by atoms with E-state index in [0.717, 1.165) is 10.9 Å². The molecule has 0 saturated carbocycles. The van der Waals surface area contributed by atoms with E-state index in [9.17, 15) is 14.9 Å². The molecule has 142 valence electrons. The Hall–Kier alpha value is -3.36. The van der Waals surface area contributed by atoms with Crippen LogP contribution in [0, 0.1) is 17.0 Å². The summed E-state index contributed by atoms with van der Waals surface area (Å²) in [6.07, 6.45) is 1.53. The minimum absolute atomic E-state index is 0.00564. The van der Waals surface area contributed by atoms with Crippen LogP contribution in [-0.2, 0) is 0 Å². The second kappa shape index (κ2) is 6.33. The fourth-order valence-corrected chi connectivity index (χ4v) is 4.44. The maximum Gasteiger partial charge on any atom is 0.269 e. The van der Waals surface area contributed by atoms with Gasteiger partial charge in [-0.1, -0.05) is 11.6 Å². The third-order valence-corrected chi connectivity index (χ3v) is 6.16. The van der Waals surface area contributed by atoms with E-state index in [1.807, 2.05) is 18.4 Å². The van der Waals surface area contributed by atoms with E-state index in [0.29, 0.717) is 37.7 Å². The summed E-state index contributed by atoms with van der Waals surface area (Å²) in [7, 11) is 0. The minimum atomic E-state index is -0.457. The van der Waals surface area contributed by atoms with E-state index in [-0.39, 0.29) is 11.2 Å². The first kappa shape index (κ1) is 17.7. The predicted molar refractivity (Wildman–Crippen MR) is 114 cm³/mol. The van der Waals surface area contributed by atoms with Gasteiger partial charge in [0.05, 0.1) is 27.0 Å². The monoisotopic (exact) mass is 422 g/mol. The molecule has 5 aromatic rings. The first-order valence-electron chi connectivity index (χ1n) is 8.58. The van der Waals surface area contributed by atoms with Gasteiger partial charge in [-0.25, -0.2) is 4.98 Å². The van der Waals surface area contributed by atoms with Gasteiger partial charge in [0.15, 0.2) is 4.96 Å². The number of halogens is 1. The molecule has 0 amide bonds. The zero-order chi connectivity index (χ0) is 20.3. The Kier molecular flexibility index (Phi) is 3.87. The summed E-state index contributed by atoms with van der Waals surface area (Å²) >= 11 is 7.54. The molecular formula is C20H11ClN4O3S. The summed E-state index contributed by atoms with van der Waals surface area (Å²) in [5.41, 5.74) is 3.22. The average molecular weight is 423 g/mol. The summed E-state index contributed by atoms with van der Waals surface area (Å²) in [5.74, 6) is 0. The molecule has 0 bridgehead atoms. The summed E-state index contributed by atoms with van der Waals surface area (Å²) < 4.78 is 1.52. The van der Waals surface area contributed by atoms with Crippen LogP contribution < -0.4 is 5.56 Å². The number of nitrogens with zero attached hydrogens (tertiary/aromatic N) is 4. The maximum atomic E-state index is 13.3. The number of nitro groups is 1. The zero-order valence-electron chi connectivity index (χ0n) is 14.9. The van der Waals surface area contributed by atoms with Gasteiger partial charge in [-0.15, -0.1) is 11.3 Å². The Morgan fingerprint density at radius 2 is 1.86 bits per heavy atom. The molecule has 0 radical (unpaired) electrons. The SMILES string of the molecule is Cc1c(Cl)ccc2c1ncc1c(=O)n3c(-c4ccc([N+](=O)[O-])cc4)csc3nc12. The van der Waals surface area contributed by atoms with Crippen LogP contribution in [-0.4, -0.2) is 19.3 Å². The number of hydrogen-bond acceptors (Lipinski definition) is 6. The van der Waals surface area contributed by atoms with Gasteiger partial charge in [0.2, 0.25) is 0 Å². The Labute approximate surface area is 172 Å². The van der Waals surface area contributed by atoms with E-state index in [4.69, 9.17) is 16.6 Å². The lowest BCUT2D eigenvalue weighted by molar-refractivity contribution is -0.384. The molecule has 0 N–H and O–H groups in total. The number of hydrogen-bond donors (Lipinski definition) is 0. The van der Waals surface area contributed by atoms with Gasteiger partial charge in [-0.05, 0) is 36.8 Å². The number of fused-ring (bicyclic) bond motifs is 4. The highest BCUT2D eigenvalue weighted by Crippen LogP contribution is 2.30. The second-order valence-corrected chi connectivity index (χ2v) is 7.79. The average Bonchev–Trinajstić information content (AvgIpc) is 3.15. The van der Waals surface area contributed by atoms with Crippen molar-refractivity contribution in [1.82, 2.24) is 14.4 Å². The van der Waals surface area contributed by atoms with Crippen molar-refractivity contribution in [2.24, 2.45) is 0 Å². The highest BCUT2D eigenvalue weighted by atomic mass is 35.5. The summed E-state index contributed by atoms with van der Waals surface area (Å²) in [5, 5.41) is 14.5. The van der Waals surface area contributed by atoms with Gasteiger partial charge >= 0.3 is 0 Å². The van der Waals surface area contributed by atoms with Crippen LogP contribution in [0.2, 0.25) is 5.02 Å². The largest absolute Gasteiger partial charge is 0.269 e. The van der Waals surface area contributed by atoms with E-state index in [1.165, 1.54) is 34.1 Å². The molecule has 0 spiro atoms. The van der Waals surface area contributed by atoms with Crippen LogP contribution in [0.4, 0.5) is 5.69 Å². The van der Waals surface area contributed by atoms with Gasteiger partial charge in [0.25, 0.3) is 11.2 Å². The first-order chi connectivity index (χ1) is 14.0. The normalized spacial score (nSPS) is 11.5. The highest BCUT2D eigenvalue weighted by molar-refractivity contribution is 7.15. The third kappa shape index (κ3) is 2.60. The molecule has 0 aliphatic heterocycles. The highest BCUT2D eigenvalue weighted by Gasteiger charge is 2.16. The number of aryl methyl sites for hydroxylation is 1. The van der Waals surface area contributed by atoms with Crippen LogP contribution in [0.5, 0.6) is 0 Å². The zero-order valence-corrected chi connectivity index (χ0v) is 16.5. The van der Waals surface area contributed by atoms with Gasteiger partial charge in [-0.3, -0.25) is 24.3 Å². The number of nitro benzene ring substituents is 1. The molecule has 0 aliphatic carbocycles. The molecule has 0 fully saturated rings. The van der Waals surface area contributed by atoms with Crippen LogP contribution in [0.25, 0.3) is 38.0 Å². The molecule has 7 nitrogen and oxygen atoms in total. The molecule has 0 atom stereocenters. The van der Waals surface area contributed by atoms with Crippen molar-refractivity contribution in [3.8, 4) is 11.3 Å². The van der Waals surface area contributed by atoms with E-state index >= 15 is 0 Å². The van der Waals surface area contributed by atoms with E-state index in [1.54, 1.807) is 18.2 Å².